The highest BCUT2D eigenvalue weighted by atomic mass is 28.3. The van der Waals surface area contributed by atoms with Crippen molar-refractivity contribution < 1.29 is 9.53 Å². The minimum absolute atomic E-state index is 0.0437. The Morgan fingerprint density at radius 3 is 2.12 bits per heavy atom. The standard InChI is InChI=1S/C14H30O2Si/c1-6-8-9-10-11-12-13(17(3,4)5)14(15)16-7-2/h13H,6-12H2,1-5H3. The van der Waals surface area contributed by atoms with Gasteiger partial charge in [0.2, 0.25) is 0 Å². The second kappa shape index (κ2) is 8.73. The van der Waals surface area contributed by atoms with E-state index in [1.54, 1.807) is 0 Å². The smallest absolute Gasteiger partial charge is 0.306 e. The molecule has 0 amide bonds. The molecule has 0 rings (SSSR count). The van der Waals surface area contributed by atoms with Gasteiger partial charge < -0.3 is 4.74 Å². The maximum atomic E-state index is 11.9. The third kappa shape index (κ3) is 7.58. The van der Waals surface area contributed by atoms with Crippen LogP contribution < -0.4 is 0 Å². The second-order valence-electron chi connectivity index (χ2n) is 5.87. The predicted molar refractivity (Wildman–Crippen MR) is 77.1 cm³/mol. The van der Waals surface area contributed by atoms with Gasteiger partial charge in [0.25, 0.3) is 0 Å². The van der Waals surface area contributed by atoms with Gasteiger partial charge in [-0.1, -0.05) is 58.7 Å². The van der Waals surface area contributed by atoms with Gasteiger partial charge in [-0.25, -0.2) is 0 Å². The highest BCUT2D eigenvalue weighted by molar-refractivity contribution is 6.80. The Kier molecular flexibility index (Phi) is 8.57. The molecule has 1 atom stereocenters. The van der Waals surface area contributed by atoms with Crippen LogP contribution in [-0.4, -0.2) is 20.7 Å². The topological polar surface area (TPSA) is 26.3 Å². The first kappa shape index (κ1) is 16.7. The maximum Gasteiger partial charge on any atom is 0.306 e. The summed E-state index contributed by atoms with van der Waals surface area (Å²) in [6, 6.07) is 0. The number of rotatable bonds is 9. The van der Waals surface area contributed by atoms with E-state index in [2.05, 4.69) is 26.6 Å². The normalized spacial score (nSPS) is 13.5. The zero-order valence-corrected chi connectivity index (χ0v) is 13.3. The van der Waals surface area contributed by atoms with E-state index >= 15 is 0 Å². The third-order valence-corrected chi connectivity index (χ3v) is 5.83. The molecular formula is C14H30O2Si. The van der Waals surface area contributed by atoms with Crippen LogP contribution in [0, 0.1) is 0 Å². The van der Waals surface area contributed by atoms with Crippen molar-refractivity contribution >= 4 is 14.0 Å². The van der Waals surface area contributed by atoms with Gasteiger partial charge in [-0.05, 0) is 13.3 Å². The first-order valence-corrected chi connectivity index (χ1v) is 10.7. The zero-order chi connectivity index (χ0) is 13.3. The molecule has 0 radical (unpaired) electrons. The van der Waals surface area contributed by atoms with Gasteiger partial charge in [-0.2, -0.15) is 0 Å². The average molecular weight is 258 g/mol. The lowest BCUT2D eigenvalue weighted by molar-refractivity contribution is -0.143. The predicted octanol–water partition coefficient (Wildman–Crippen LogP) is 4.62. The fourth-order valence-electron chi connectivity index (χ4n) is 2.10. The van der Waals surface area contributed by atoms with Crippen molar-refractivity contribution in [1.29, 1.82) is 0 Å². The van der Waals surface area contributed by atoms with Gasteiger partial charge in [-0.3, -0.25) is 4.79 Å². The molecule has 0 aliphatic heterocycles. The van der Waals surface area contributed by atoms with Crippen LogP contribution in [0.2, 0.25) is 25.2 Å². The summed E-state index contributed by atoms with van der Waals surface area (Å²) in [7, 11) is -1.43. The number of hydrogen-bond donors (Lipinski definition) is 0. The summed E-state index contributed by atoms with van der Waals surface area (Å²) < 4.78 is 5.20. The number of esters is 1. The van der Waals surface area contributed by atoms with Gasteiger partial charge in [0.05, 0.1) is 20.2 Å². The Morgan fingerprint density at radius 1 is 1.06 bits per heavy atom. The fourth-order valence-corrected chi connectivity index (χ4v) is 3.96. The molecule has 0 aromatic rings. The van der Waals surface area contributed by atoms with Gasteiger partial charge in [-0.15, -0.1) is 0 Å². The number of carbonyl (C=O) groups excluding carboxylic acids is 1. The molecule has 0 fully saturated rings. The SMILES string of the molecule is CCCCCCCC(C(=O)OCC)[Si](C)(C)C. The van der Waals surface area contributed by atoms with E-state index in [1.165, 1.54) is 32.1 Å². The first-order chi connectivity index (χ1) is 7.93. The van der Waals surface area contributed by atoms with Crippen LogP contribution in [-0.2, 0) is 9.53 Å². The molecule has 0 aliphatic carbocycles. The highest BCUT2D eigenvalue weighted by Crippen LogP contribution is 2.29. The van der Waals surface area contributed by atoms with Crippen molar-refractivity contribution in [1.82, 2.24) is 0 Å². The van der Waals surface area contributed by atoms with Crippen LogP contribution in [0.5, 0.6) is 0 Å². The number of unbranched alkanes of at least 4 members (excludes halogenated alkanes) is 4. The lowest BCUT2D eigenvalue weighted by atomic mass is 10.1. The molecule has 1 unspecified atom stereocenters. The van der Waals surface area contributed by atoms with Crippen molar-refractivity contribution in [3.8, 4) is 0 Å². The summed E-state index contributed by atoms with van der Waals surface area (Å²) in [6.45, 7) is 11.4. The van der Waals surface area contributed by atoms with E-state index in [4.69, 9.17) is 4.74 Å². The van der Waals surface area contributed by atoms with Crippen LogP contribution in [0.15, 0.2) is 0 Å². The molecule has 0 spiro atoms. The van der Waals surface area contributed by atoms with E-state index in [0.29, 0.717) is 6.61 Å². The Balaban J connectivity index is 4.08. The molecule has 2 nitrogen and oxygen atoms in total. The van der Waals surface area contributed by atoms with Gasteiger partial charge >= 0.3 is 5.97 Å². The van der Waals surface area contributed by atoms with Crippen LogP contribution in [0.25, 0.3) is 0 Å². The summed E-state index contributed by atoms with van der Waals surface area (Å²) >= 11 is 0. The summed E-state index contributed by atoms with van der Waals surface area (Å²) in [5.74, 6) is 0.0437. The Hall–Kier alpha value is -0.313. The van der Waals surface area contributed by atoms with Crippen LogP contribution >= 0.6 is 0 Å². The number of ether oxygens (including phenoxy) is 1. The lowest BCUT2D eigenvalue weighted by Gasteiger charge is -2.26. The number of carbonyl (C=O) groups is 1. The second-order valence-corrected chi connectivity index (χ2v) is 11.3. The molecule has 0 N–H and O–H groups in total. The molecule has 0 aromatic heterocycles. The van der Waals surface area contributed by atoms with E-state index in [-0.39, 0.29) is 11.5 Å². The first-order valence-electron chi connectivity index (χ1n) is 7.10. The molecule has 0 saturated heterocycles. The largest absolute Gasteiger partial charge is 0.466 e. The molecule has 0 saturated carbocycles. The van der Waals surface area contributed by atoms with Crippen molar-refractivity contribution in [2.45, 2.75) is 77.6 Å². The summed E-state index contributed by atoms with van der Waals surface area (Å²) in [6.07, 6.45) is 7.35. The van der Waals surface area contributed by atoms with E-state index in [1.807, 2.05) is 6.92 Å². The molecule has 0 aliphatic rings. The van der Waals surface area contributed by atoms with E-state index in [9.17, 15) is 4.79 Å². The minimum Gasteiger partial charge on any atom is -0.466 e. The fraction of sp³-hybridized carbons (Fsp3) is 0.929. The van der Waals surface area contributed by atoms with Crippen LogP contribution in [0.4, 0.5) is 0 Å². The van der Waals surface area contributed by atoms with E-state index in [0.717, 1.165) is 6.42 Å². The van der Waals surface area contributed by atoms with Crippen LogP contribution in [0.1, 0.15) is 52.4 Å². The summed E-state index contributed by atoms with van der Waals surface area (Å²) in [4.78, 5) is 11.9. The van der Waals surface area contributed by atoms with Crippen molar-refractivity contribution in [2.75, 3.05) is 6.61 Å². The number of hydrogen-bond acceptors (Lipinski definition) is 2. The third-order valence-electron chi connectivity index (χ3n) is 3.21. The Morgan fingerprint density at radius 2 is 1.65 bits per heavy atom. The average Bonchev–Trinajstić information content (AvgIpc) is 2.21. The lowest BCUT2D eigenvalue weighted by Crippen LogP contribution is -2.34. The molecule has 0 heterocycles. The Bertz CT molecular complexity index is 209. The maximum absolute atomic E-state index is 11.9. The van der Waals surface area contributed by atoms with Crippen molar-refractivity contribution in [3.63, 3.8) is 0 Å². The molecule has 17 heavy (non-hydrogen) atoms. The Labute approximate surface area is 108 Å². The molecule has 3 heteroatoms. The monoisotopic (exact) mass is 258 g/mol. The minimum atomic E-state index is -1.43. The van der Waals surface area contributed by atoms with Gasteiger partial charge in [0, 0.05) is 0 Å². The quantitative estimate of drug-likeness (QED) is 0.343. The molecule has 0 bridgehead atoms. The molecule has 102 valence electrons. The molecular weight excluding hydrogens is 228 g/mol. The van der Waals surface area contributed by atoms with E-state index < -0.39 is 8.07 Å². The summed E-state index contributed by atoms with van der Waals surface area (Å²) in [5.41, 5.74) is 0.184. The van der Waals surface area contributed by atoms with Gasteiger partial charge in [0.1, 0.15) is 0 Å². The van der Waals surface area contributed by atoms with Crippen LogP contribution in [0.3, 0.4) is 0 Å². The molecule has 0 aromatic carbocycles. The van der Waals surface area contributed by atoms with Crippen molar-refractivity contribution in [3.05, 3.63) is 0 Å². The highest BCUT2D eigenvalue weighted by Gasteiger charge is 2.33. The van der Waals surface area contributed by atoms with Gasteiger partial charge in [0.15, 0.2) is 0 Å². The van der Waals surface area contributed by atoms with Crippen molar-refractivity contribution in [2.24, 2.45) is 0 Å². The zero-order valence-electron chi connectivity index (χ0n) is 12.3. The summed E-state index contributed by atoms with van der Waals surface area (Å²) in [5, 5.41) is 0.